The predicted octanol–water partition coefficient (Wildman–Crippen LogP) is 3.32. The summed E-state index contributed by atoms with van der Waals surface area (Å²) in [7, 11) is 0. The van der Waals surface area contributed by atoms with Crippen molar-refractivity contribution in [3.8, 4) is 0 Å². The molecule has 6 nitrogen and oxygen atoms in total. The van der Waals surface area contributed by atoms with Crippen LogP contribution in [0.2, 0.25) is 0 Å². The zero-order chi connectivity index (χ0) is 19.1. The molecular weight excluding hydrogens is 352 g/mol. The first-order valence-corrected chi connectivity index (χ1v) is 9.16. The molecule has 0 aliphatic heterocycles. The highest BCUT2D eigenvalue weighted by molar-refractivity contribution is 7.12. The van der Waals surface area contributed by atoms with Crippen LogP contribution in [-0.2, 0) is 9.53 Å². The molecule has 0 aliphatic carbocycles. The number of ether oxygens (including phenoxy) is 1. The van der Waals surface area contributed by atoms with E-state index < -0.39 is 5.97 Å². The number of carbonyl (C=O) groups excluding carboxylic acids is 3. The molecule has 0 bridgehead atoms. The quantitative estimate of drug-likeness (QED) is 0.728. The van der Waals surface area contributed by atoms with Gasteiger partial charge in [0.05, 0.1) is 10.4 Å². The van der Waals surface area contributed by atoms with Crippen molar-refractivity contribution in [3.05, 3.63) is 52.2 Å². The molecule has 0 spiro atoms. The van der Waals surface area contributed by atoms with E-state index in [1.165, 1.54) is 17.4 Å². The molecule has 0 saturated carbocycles. The normalized spacial score (nSPS) is 11.7. The second kappa shape index (κ2) is 9.15. The van der Waals surface area contributed by atoms with E-state index in [-0.39, 0.29) is 30.0 Å². The number of carbonyl (C=O) groups is 3. The Bertz CT molecular complexity index is 772. The smallest absolute Gasteiger partial charge is 0.338 e. The van der Waals surface area contributed by atoms with E-state index in [4.69, 9.17) is 4.74 Å². The largest absolute Gasteiger partial charge is 0.452 e. The third kappa shape index (κ3) is 5.70. The van der Waals surface area contributed by atoms with Crippen LogP contribution in [0.4, 0.5) is 5.69 Å². The van der Waals surface area contributed by atoms with Crippen LogP contribution in [0.5, 0.6) is 0 Å². The van der Waals surface area contributed by atoms with E-state index in [0.29, 0.717) is 16.5 Å². The average molecular weight is 374 g/mol. The zero-order valence-corrected chi connectivity index (χ0v) is 15.8. The number of rotatable bonds is 7. The number of esters is 1. The summed E-state index contributed by atoms with van der Waals surface area (Å²) in [6.45, 7) is 5.53. The fourth-order valence-electron chi connectivity index (χ4n) is 2.00. The van der Waals surface area contributed by atoms with Crippen LogP contribution in [0, 0.1) is 5.92 Å². The van der Waals surface area contributed by atoms with Crippen LogP contribution in [0.15, 0.2) is 41.8 Å². The molecular formula is C19H22N2O4S. The number of thiophene rings is 1. The summed E-state index contributed by atoms with van der Waals surface area (Å²) in [4.78, 5) is 36.6. The molecule has 2 N–H and O–H groups in total. The predicted molar refractivity (Wildman–Crippen MR) is 101 cm³/mol. The first-order chi connectivity index (χ1) is 12.4. The summed E-state index contributed by atoms with van der Waals surface area (Å²) < 4.78 is 5.04. The lowest BCUT2D eigenvalue weighted by atomic mass is 10.1. The fraction of sp³-hybridized carbons (Fsp3) is 0.316. The van der Waals surface area contributed by atoms with E-state index in [1.54, 1.807) is 30.3 Å². The molecule has 1 aromatic carbocycles. The van der Waals surface area contributed by atoms with Gasteiger partial charge in [-0.1, -0.05) is 26.0 Å². The summed E-state index contributed by atoms with van der Waals surface area (Å²) in [5.74, 6) is -0.919. The van der Waals surface area contributed by atoms with Crippen LogP contribution >= 0.6 is 11.3 Å². The maximum Gasteiger partial charge on any atom is 0.338 e. The summed E-state index contributed by atoms with van der Waals surface area (Å²) in [6, 6.07) is 9.91. The molecule has 2 rings (SSSR count). The van der Waals surface area contributed by atoms with Crippen LogP contribution in [0.1, 0.15) is 40.8 Å². The van der Waals surface area contributed by atoms with Crippen molar-refractivity contribution < 1.29 is 19.1 Å². The number of anilines is 1. The van der Waals surface area contributed by atoms with Crippen molar-refractivity contribution in [3.63, 3.8) is 0 Å². The Labute approximate surface area is 156 Å². The van der Waals surface area contributed by atoms with Crippen LogP contribution in [0.25, 0.3) is 0 Å². The summed E-state index contributed by atoms with van der Waals surface area (Å²) in [5, 5.41) is 7.31. The van der Waals surface area contributed by atoms with Crippen molar-refractivity contribution in [2.24, 2.45) is 5.92 Å². The van der Waals surface area contributed by atoms with Crippen molar-refractivity contribution in [1.82, 2.24) is 5.32 Å². The van der Waals surface area contributed by atoms with Gasteiger partial charge in [-0.05, 0) is 42.5 Å². The van der Waals surface area contributed by atoms with Gasteiger partial charge in [-0.3, -0.25) is 9.59 Å². The third-order valence-electron chi connectivity index (χ3n) is 3.82. The van der Waals surface area contributed by atoms with Gasteiger partial charge in [-0.15, -0.1) is 11.3 Å². The Morgan fingerprint density at radius 2 is 1.88 bits per heavy atom. The Hall–Kier alpha value is -2.67. The highest BCUT2D eigenvalue weighted by Gasteiger charge is 2.15. The lowest BCUT2D eigenvalue weighted by Crippen LogP contribution is -2.38. The van der Waals surface area contributed by atoms with Gasteiger partial charge < -0.3 is 15.4 Å². The maximum atomic E-state index is 12.1. The molecule has 7 heteroatoms. The topological polar surface area (TPSA) is 84.5 Å². The van der Waals surface area contributed by atoms with Crippen molar-refractivity contribution in [1.29, 1.82) is 0 Å². The van der Waals surface area contributed by atoms with E-state index in [1.807, 2.05) is 26.2 Å². The maximum absolute atomic E-state index is 12.1. The van der Waals surface area contributed by atoms with Gasteiger partial charge in [-0.25, -0.2) is 4.79 Å². The van der Waals surface area contributed by atoms with E-state index >= 15 is 0 Å². The first kappa shape index (κ1) is 19.7. The minimum absolute atomic E-state index is 0.00278. The van der Waals surface area contributed by atoms with Gasteiger partial charge in [0.25, 0.3) is 11.8 Å². The molecule has 0 saturated heterocycles. The molecule has 1 atom stereocenters. The standard InChI is InChI=1S/C19H22N2O4S/c1-12(2)13(3)20-17(22)11-25-19(24)14-6-4-7-15(10-14)21-18(23)16-8-5-9-26-16/h4-10,12-13H,11H2,1-3H3,(H,20,22)(H,21,23)/t13-/m0/s1. The summed E-state index contributed by atoms with van der Waals surface area (Å²) in [5.41, 5.74) is 0.745. The van der Waals surface area contributed by atoms with E-state index in [0.717, 1.165) is 0 Å². The van der Waals surface area contributed by atoms with Gasteiger partial charge in [0.1, 0.15) is 0 Å². The highest BCUT2D eigenvalue weighted by atomic mass is 32.1. The number of nitrogens with one attached hydrogen (secondary N) is 2. The molecule has 26 heavy (non-hydrogen) atoms. The number of amides is 2. The monoisotopic (exact) mass is 374 g/mol. The van der Waals surface area contributed by atoms with Gasteiger partial charge in [0, 0.05) is 11.7 Å². The Balaban J connectivity index is 1.91. The van der Waals surface area contributed by atoms with Crippen molar-refractivity contribution in [2.75, 3.05) is 11.9 Å². The SMILES string of the molecule is CC(C)[C@H](C)NC(=O)COC(=O)c1cccc(NC(=O)c2cccs2)c1. The fourth-order valence-corrected chi connectivity index (χ4v) is 2.62. The van der Waals surface area contributed by atoms with Crippen LogP contribution in [-0.4, -0.2) is 30.4 Å². The summed E-state index contributed by atoms with van der Waals surface area (Å²) >= 11 is 1.33. The molecule has 0 unspecified atom stereocenters. The molecule has 0 fully saturated rings. The van der Waals surface area contributed by atoms with Crippen LogP contribution in [0.3, 0.4) is 0 Å². The molecule has 2 amide bonds. The molecule has 1 heterocycles. The number of hydrogen-bond acceptors (Lipinski definition) is 5. The van der Waals surface area contributed by atoms with Gasteiger partial charge in [0.15, 0.2) is 6.61 Å². The van der Waals surface area contributed by atoms with Gasteiger partial charge >= 0.3 is 5.97 Å². The van der Waals surface area contributed by atoms with Crippen molar-refractivity contribution in [2.45, 2.75) is 26.8 Å². The average Bonchev–Trinajstić information content (AvgIpc) is 3.14. The highest BCUT2D eigenvalue weighted by Crippen LogP contribution is 2.15. The van der Waals surface area contributed by atoms with Gasteiger partial charge in [-0.2, -0.15) is 0 Å². The minimum Gasteiger partial charge on any atom is -0.452 e. The Kier molecular flexibility index (Phi) is 6.91. The molecule has 0 radical (unpaired) electrons. The lowest BCUT2D eigenvalue weighted by molar-refractivity contribution is -0.125. The molecule has 2 aromatic rings. The number of benzene rings is 1. The summed E-state index contributed by atoms with van der Waals surface area (Å²) in [6.07, 6.45) is 0. The Morgan fingerprint density at radius 1 is 1.12 bits per heavy atom. The van der Waals surface area contributed by atoms with Crippen LogP contribution < -0.4 is 10.6 Å². The second-order valence-electron chi connectivity index (χ2n) is 6.19. The second-order valence-corrected chi connectivity index (χ2v) is 7.14. The molecule has 0 aliphatic rings. The minimum atomic E-state index is -0.621. The zero-order valence-electron chi connectivity index (χ0n) is 14.9. The third-order valence-corrected chi connectivity index (χ3v) is 4.69. The van der Waals surface area contributed by atoms with E-state index in [9.17, 15) is 14.4 Å². The first-order valence-electron chi connectivity index (χ1n) is 8.28. The number of hydrogen-bond donors (Lipinski definition) is 2. The molecule has 138 valence electrons. The van der Waals surface area contributed by atoms with E-state index in [2.05, 4.69) is 10.6 Å². The lowest BCUT2D eigenvalue weighted by Gasteiger charge is -2.17. The van der Waals surface area contributed by atoms with Crippen molar-refractivity contribution >= 4 is 34.8 Å². The molecule has 1 aromatic heterocycles. The Morgan fingerprint density at radius 3 is 2.54 bits per heavy atom. The van der Waals surface area contributed by atoms with Gasteiger partial charge in [0.2, 0.25) is 0 Å².